The summed E-state index contributed by atoms with van der Waals surface area (Å²) in [6.07, 6.45) is 4.93. The van der Waals surface area contributed by atoms with Gasteiger partial charge in [0, 0.05) is 19.2 Å². The zero-order chi connectivity index (χ0) is 18.6. The second-order valence-electron chi connectivity index (χ2n) is 7.03. The average molecular weight is 364 g/mol. The first-order valence-corrected chi connectivity index (χ1v) is 9.28. The van der Waals surface area contributed by atoms with E-state index in [4.69, 9.17) is 10.3 Å². The van der Waals surface area contributed by atoms with E-state index in [9.17, 15) is 0 Å². The summed E-state index contributed by atoms with van der Waals surface area (Å²) in [5.74, 6) is 3.35. The summed E-state index contributed by atoms with van der Waals surface area (Å²) in [5, 5.41) is 7.03. The van der Waals surface area contributed by atoms with Crippen LogP contribution in [-0.4, -0.2) is 28.2 Å². The zero-order valence-corrected chi connectivity index (χ0v) is 15.4. The Morgan fingerprint density at radius 3 is 2.67 bits per heavy atom. The molecule has 0 saturated carbocycles. The fourth-order valence-corrected chi connectivity index (χ4v) is 3.58. The third kappa shape index (κ3) is 4.02. The van der Waals surface area contributed by atoms with E-state index >= 15 is 0 Å². The molecule has 0 radical (unpaired) electrons. The van der Waals surface area contributed by atoms with Gasteiger partial charge in [0.2, 0.25) is 0 Å². The van der Waals surface area contributed by atoms with Crippen molar-refractivity contribution in [2.75, 3.05) is 29.0 Å². The molecule has 27 heavy (non-hydrogen) atoms. The molecule has 0 unspecified atom stereocenters. The van der Waals surface area contributed by atoms with Gasteiger partial charge in [-0.15, -0.1) is 0 Å². The number of nitrogens with zero attached hydrogens (tertiary/aromatic N) is 4. The van der Waals surface area contributed by atoms with Crippen LogP contribution in [0.15, 0.2) is 47.2 Å². The number of benzene rings is 1. The third-order valence-electron chi connectivity index (χ3n) is 5.02. The normalized spacial score (nSPS) is 15.1. The Labute approximate surface area is 158 Å². The molecule has 1 aliphatic rings. The molecule has 4 rings (SSSR count). The Balaban J connectivity index is 1.41. The lowest BCUT2D eigenvalue weighted by molar-refractivity contribution is 0.400. The smallest absolute Gasteiger partial charge is 0.175 e. The van der Waals surface area contributed by atoms with E-state index in [2.05, 4.69) is 55.7 Å². The van der Waals surface area contributed by atoms with Crippen molar-refractivity contribution < 1.29 is 4.52 Å². The zero-order valence-electron chi connectivity index (χ0n) is 15.4. The molecule has 7 nitrogen and oxygen atoms in total. The first-order chi connectivity index (χ1) is 13.2. The topological polar surface area (TPSA) is 93.1 Å². The Bertz CT molecular complexity index is 886. The standard InChI is InChI=1S/C20H24N6O/c1-14-11-17(25-27-14)24-19-18(21)20(23-13-22-19)26-9-7-16(8-10-26)12-15-5-3-2-4-6-15/h2-6,11,13,16H,7-10,12,21H2,1H3,(H,22,23,24,25). The number of nitrogens with two attached hydrogens (primary N) is 1. The van der Waals surface area contributed by atoms with Crippen molar-refractivity contribution in [1.29, 1.82) is 0 Å². The van der Waals surface area contributed by atoms with Crippen molar-refractivity contribution in [3.63, 3.8) is 0 Å². The van der Waals surface area contributed by atoms with Gasteiger partial charge in [0.15, 0.2) is 17.5 Å². The quantitative estimate of drug-likeness (QED) is 0.715. The van der Waals surface area contributed by atoms with Gasteiger partial charge >= 0.3 is 0 Å². The Morgan fingerprint density at radius 2 is 1.96 bits per heavy atom. The molecule has 1 aliphatic heterocycles. The minimum atomic E-state index is 0.541. The van der Waals surface area contributed by atoms with Crippen LogP contribution in [0.1, 0.15) is 24.2 Å². The van der Waals surface area contributed by atoms with Gasteiger partial charge in [-0.3, -0.25) is 0 Å². The van der Waals surface area contributed by atoms with Crippen LogP contribution < -0.4 is 16.0 Å². The van der Waals surface area contributed by atoms with Crippen LogP contribution >= 0.6 is 0 Å². The summed E-state index contributed by atoms with van der Waals surface area (Å²) in [5.41, 5.74) is 8.29. The second-order valence-corrected chi connectivity index (χ2v) is 7.03. The van der Waals surface area contributed by atoms with Crippen molar-refractivity contribution in [2.24, 2.45) is 5.92 Å². The molecular formula is C20H24N6O. The third-order valence-corrected chi connectivity index (χ3v) is 5.02. The summed E-state index contributed by atoms with van der Waals surface area (Å²) < 4.78 is 5.08. The van der Waals surface area contributed by atoms with Crippen molar-refractivity contribution in [1.82, 2.24) is 15.1 Å². The summed E-state index contributed by atoms with van der Waals surface area (Å²) in [6, 6.07) is 12.5. The number of aromatic nitrogens is 3. The minimum Gasteiger partial charge on any atom is -0.393 e. The van der Waals surface area contributed by atoms with Gasteiger partial charge < -0.3 is 20.5 Å². The molecule has 3 heterocycles. The van der Waals surface area contributed by atoms with Crippen LogP contribution in [0.2, 0.25) is 0 Å². The molecule has 0 amide bonds. The van der Waals surface area contributed by atoms with Crippen LogP contribution in [0.3, 0.4) is 0 Å². The molecule has 0 spiro atoms. The van der Waals surface area contributed by atoms with Crippen LogP contribution in [0.25, 0.3) is 0 Å². The van der Waals surface area contributed by atoms with Gasteiger partial charge in [0.05, 0.1) is 0 Å². The van der Waals surface area contributed by atoms with E-state index in [1.165, 1.54) is 11.9 Å². The van der Waals surface area contributed by atoms with Crippen molar-refractivity contribution >= 4 is 23.1 Å². The summed E-state index contributed by atoms with van der Waals surface area (Å²) in [4.78, 5) is 10.9. The molecule has 3 N–H and O–H groups in total. The first kappa shape index (κ1) is 17.3. The highest BCUT2D eigenvalue weighted by molar-refractivity contribution is 5.77. The molecule has 0 aliphatic carbocycles. The van der Waals surface area contributed by atoms with E-state index < -0.39 is 0 Å². The number of anilines is 4. The van der Waals surface area contributed by atoms with Crippen LogP contribution in [0.4, 0.5) is 23.1 Å². The fraction of sp³-hybridized carbons (Fsp3) is 0.350. The summed E-state index contributed by atoms with van der Waals surface area (Å²) in [7, 11) is 0. The van der Waals surface area contributed by atoms with Gasteiger partial charge in [0.1, 0.15) is 17.8 Å². The van der Waals surface area contributed by atoms with E-state index in [0.717, 1.165) is 43.9 Å². The number of aryl methyl sites for hydroxylation is 1. The van der Waals surface area contributed by atoms with Gasteiger partial charge in [-0.2, -0.15) is 0 Å². The maximum atomic E-state index is 6.34. The van der Waals surface area contributed by atoms with Crippen molar-refractivity contribution in [3.05, 3.63) is 54.0 Å². The average Bonchev–Trinajstić information content (AvgIpc) is 3.10. The number of hydrogen-bond donors (Lipinski definition) is 2. The van der Waals surface area contributed by atoms with E-state index in [1.54, 1.807) is 6.07 Å². The fourth-order valence-electron chi connectivity index (χ4n) is 3.58. The lowest BCUT2D eigenvalue weighted by atomic mass is 9.90. The molecule has 3 aromatic rings. The monoisotopic (exact) mass is 364 g/mol. The SMILES string of the molecule is Cc1cc(Nc2ncnc(N3CCC(Cc4ccccc4)CC3)c2N)no1. The number of nitrogens with one attached hydrogen (secondary N) is 1. The number of hydrogen-bond acceptors (Lipinski definition) is 7. The molecule has 1 aromatic carbocycles. The maximum absolute atomic E-state index is 6.34. The van der Waals surface area contributed by atoms with Crippen molar-refractivity contribution in [2.45, 2.75) is 26.2 Å². The number of rotatable bonds is 5. The van der Waals surface area contributed by atoms with Gasteiger partial charge in [-0.25, -0.2) is 9.97 Å². The molecule has 0 atom stereocenters. The lowest BCUT2D eigenvalue weighted by Crippen LogP contribution is -2.35. The van der Waals surface area contributed by atoms with Crippen molar-refractivity contribution in [3.8, 4) is 0 Å². The molecular weight excluding hydrogens is 340 g/mol. The Hall–Kier alpha value is -3.09. The van der Waals surface area contributed by atoms with Crippen LogP contribution in [0, 0.1) is 12.8 Å². The molecule has 140 valence electrons. The van der Waals surface area contributed by atoms with Gasteiger partial charge in [0.25, 0.3) is 0 Å². The molecule has 0 bridgehead atoms. The highest BCUT2D eigenvalue weighted by Crippen LogP contribution is 2.31. The summed E-state index contributed by atoms with van der Waals surface area (Å²) >= 11 is 0. The van der Waals surface area contributed by atoms with Crippen LogP contribution in [0.5, 0.6) is 0 Å². The Morgan fingerprint density at radius 1 is 1.19 bits per heavy atom. The largest absolute Gasteiger partial charge is 0.393 e. The van der Waals surface area contributed by atoms with Gasteiger partial charge in [-0.1, -0.05) is 35.5 Å². The molecule has 7 heteroatoms. The summed E-state index contributed by atoms with van der Waals surface area (Å²) in [6.45, 7) is 3.73. The second kappa shape index (κ2) is 7.65. The molecule has 1 saturated heterocycles. The van der Waals surface area contributed by atoms with E-state index in [1.807, 2.05) is 6.92 Å². The maximum Gasteiger partial charge on any atom is 0.175 e. The number of nitrogen functional groups attached to an aromatic ring is 1. The predicted molar refractivity (Wildman–Crippen MR) is 106 cm³/mol. The minimum absolute atomic E-state index is 0.541. The molecule has 1 fully saturated rings. The van der Waals surface area contributed by atoms with Crippen LogP contribution in [-0.2, 0) is 6.42 Å². The van der Waals surface area contributed by atoms with E-state index in [-0.39, 0.29) is 0 Å². The Kier molecular flexibility index (Phi) is 4.91. The van der Waals surface area contributed by atoms with Gasteiger partial charge in [-0.05, 0) is 37.7 Å². The first-order valence-electron chi connectivity index (χ1n) is 9.28. The van der Waals surface area contributed by atoms with E-state index in [0.29, 0.717) is 23.2 Å². The highest BCUT2D eigenvalue weighted by Gasteiger charge is 2.23. The highest BCUT2D eigenvalue weighted by atomic mass is 16.5. The lowest BCUT2D eigenvalue weighted by Gasteiger charge is -2.33. The molecule has 2 aromatic heterocycles. The predicted octanol–water partition coefficient (Wildman–Crippen LogP) is 3.56. The number of piperidine rings is 1.